The Bertz CT molecular complexity index is 424. The second kappa shape index (κ2) is 5.18. The maximum Gasteiger partial charge on any atom is 0.240 e. The molecule has 0 aromatic carbocycles. The smallest absolute Gasteiger partial charge is 0.240 e. The quantitative estimate of drug-likeness (QED) is 0.862. The van der Waals surface area contributed by atoms with Crippen LogP contribution in [0, 0.1) is 5.92 Å². The van der Waals surface area contributed by atoms with Crippen LogP contribution in [-0.4, -0.2) is 21.7 Å². The minimum Gasteiger partial charge on any atom is -0.337 e. The van der Waals surface area contributed by atoms with E-state index < -0.39 is 0 Å². The van der Waals surface area contributed by atoms with E-state index in [-0.39, 0.29) is 0 Å². The number of rotatable bonds is 5. The molecule has 2 aromatic rings. The molecule has 0 radical (unpaired) electrons. The number of nitrogens with one attached hydrogen (secondary N) is 1. The van der Waals surface area contributed by atoms with Crippen LogP contribution in [0.25, 0.3) is 11.5 Å². The first kappa shape index (κ1) is 11.2. The van der Waals surface area contributed by atoms with Gasteiger partial charge in [0, 0.05) is 5.38 Å². The summed E-state index contributed by atoms with van der Waals surface area (Å²) >= 11 is 1.52. The zero-order valence-corrected chi connectivity index (χ0v) is 10.1. The van der Waals surface area contributed by atoms with Gasteiger partial charge in [0.15, 0.2) is 0 Å². The van der Waals surface area contributed by atoms with Crippen LogP contribution in [0.15, 0.2) is 15.4 Å². The van der Waals surface area contributed by atoms with E-state index in [4.69, 9.17) is 4.52 Å². The number of thiazole rings is 1. The Balaban J connectivity index is 1.93. The Morgan fingerprint density at radius 1 is 1.50 bits per heavy atom. The van der Waals surface area contributed by atoms with Gasteiger partial charge in [-0.15, -0.1) is 11.3 Å². The molecule has 2 aromatic heterocycles. The lowest BCUT2D eigenvalue weighted by molar-refractivity contribution is 0.364. The lowest BCUT2D eigenvalue weighted by Gasteiger charge is -2.03. The molecule has 6 heteroatoms. The zero-order chi connectivity index (χ0) is 11.4. The first-order valence-electron chi connectivity index (χ1n) is 5.17. The van der Waals surface area contributed by atoms with Gasteiger partial charge in [0.05, 0.1) is 12.1 Å². The molecule has 0 spiro atoms. The van der Waals surface area contributed by atoms with Crippen LogP contribution >= 0.6 is 11.3 Å². The maximum absolute atomic E-state index is 5.11. The highest BCUT2D eigenvalue weighted by atomic mass is 32.1. The molecule has 2 rings (SSSR count). The number of nitrogens with zero attached hydrogens (tertiary/aromatic N) is 3. The Labute approximate surface area is 97.9 Å². The van der Waals surface area contributed by atoms with Crippen LogP contribution in [0.3, 0.4) is 0 Å². The summed E-state index contributed by atoms with van der Waals surface area (Å²) in [5.74, 6) is 1.77. The van der Waals surface area contributed by atoms with Crippen LogP contribution in [-0.2, 0) is 6.54 Å². The normalized spacial score (nSPS) is 11.2. The van der Waals surface area contributed by atoms with Gasteiger partial charge < -0.3 is 9.84 Å². The lowest BCUT2D eigenvalue weighted by atomic mass is 10.2. The Morgan fingerprint density at radius 3 is 3.06 bits per heavy atom. The molecule has 0 aliphatic heterocycles. The van der Waals surface area contributed by atoms with Crippen molar-refractivity contribution in [1.29, 1.82) is 0 Å². The molecule has 0 fully saturated rings. The van der Waals surface area contributed by atoms with Gasteiger partial charge in [0.1, 0.15) is 5.69 Å². The van der Waals surface area contributed by atoms with Gasteiger partial charge in [0.2, 0.25) is 11.7 Å². The van der Waals surface area contributed by atoms with E-state index in [0.29, 0.717) is 24.2 Å². The first-order valence-corrected chi connectivity index (χ1v) is 6.12. The van der Waals surface area contributed by atoms with Crippen LogP contribution in [0.4, 0.5) is 0 Å². The first-order chi connectivity index (χ1) is 7.75. The van der Waals surface area contributed by atoms with Crippen LogP contribution in [0.1, 0.15) is 19.7 Å². The molecular weight excluding hydrogens is 224 g/mol. The second-order valence-corrected chi connectivity index (χ2v) is 4.63. The van der Waals surface area contributed by atoms with Crippen molar-refractivity contribution < 1.29 is 4.52 Å². The molecular formula is C10H14N4OS. The highest BCUT2D eigenvalue weighted by molar-refractivity contribution is 7.07. The SMILES string of the molecule is CC(C)CNCc1nc(-c2cscn2)no1. The average molecular weight is 238 g/mol. The van der Waals surface area contributed by atoms with Crippen molar-refractivity contribution in [3.8, 4) is 11.5 Å². The summed E-state index contributed by atoms with van der Waals surface area (Å²) in [5.41, 5.74) is 2.52. The topological polar surface area (TPSA) is 63.8 Å². The fourth-order valence-electron chi connectivity index (χ4n) is 1.22. The second-order valence-electron chi connectivity index (χ2n) is 3.91. The van der Waals surface area contributed by atoms with Gasteiger partial charge >= 0.3 is 0 Å². The third-order valence-corrected chi connectivity index (χ3v) is 2.54. The summed E-state index contributed by atoms with van der Waals surface area (Å²) < 4.78 is 5.11. The van der Waals surface area contributed by atoms with Crippen molar-refractivity contribution in [3.05, 3.63) is 16.8 Å². The molecule has 0 aliphatic rings. The average Bonchev–Trinajstić information content (AvgIpc) is 2.85. The van der Waals surface area contributed by atoms with Crippen LogP contribution < -0.4 is 5.32 Å². The van der Waals surface area contributed by atoms with E-state index in [1.807, 2.05) is 5.38 Å². The molecule has 0 saturated heterocycles. The Kier molecular flexibility index (Phi) is 3.63. The van der Waals surface area contributed by atoms with Crippen LogP contribution in [0.2, 0.25) is 0 Å². The molecule has 0 aliphatic carbocycles. The highest BCUT2D eigenvalue weighted by Gasteiger charge is 2.09. The van der Waals surface area contributed by atoms with Crippen molar-refractivity contribution >= 4 is 11.3 Å². The molecule has 86 valence electrons. The summed E-state index contributed by atoms with van der Waals surface area (Å²) in [5, 5.41) is 9.02. The fourth-order valence-corrected chi connectivity index (χ4v) is 1.75. The van der Waals surface area contributed by atoms with Gasteiger partial charge in [-0.3, -0.25) is 0 Å². The monoisotopic (exact) mass is 238 g/mol. The summed E-state index contributed by atoms with van der Waals surface area (Å²) in [6.07, 6.45) is 0. The molecule has 2 heterocycles. The number of hydrogen-bond acceptors (Lipinski definition) is 6. The van der Waals surface area contributed by atoms with Gasteiger partial charge in [-0.2, -0.15) is 4.98 Å². The summed E-state index contributed by atoms with van der Waals surface area (Å²) in [6.45, 7) is 5.85. The highest BCUT2D eigenvalue weighted by Crippen LogP contribution is 2.14. The molecule has 1 N–H and O–H groups in total. The van der Waals surface area contributed by atoms with E-state index in [2.05, 4.69) is 34.3 Å². The van der Waals surface area contributed by atoms with E-state index in [9.17, 15) is 0 Å². The molecule has 5 nitrogen and oxygen atoms in total. The largest absolute Gasteiger partial charge is 0.337 e. The summed E-state index contributed by atoms with van der Waals surface area (Å²) in [4.78, 5) is 8.37. The summed E-state index contributed by atoms with van der Waals surface area (Å²) in [7, 11) is 0. The minimum atomic E-state index is 0.558. The zero-order valence-electron chi connectivity index (χ0n) is 9.30. The van der Waals surface area contributed by atoms with Crippen molar-refractivity contribution in [1.82, 2.24) is 20.4 Å². The van der Waals surface area contributed by atoms with Crippen molar-refractivity contribution in [3.63, 3.8) is 0 Å². The van der Waals surface area contributed by atoms with Crippen molar-refractivity contribution in [2.24, 2.45) is 5.92 Å². The fraction of sp³-hybridized carbons (Fsp3) is 0.500. The van der Waals surface area contributed by atoms with Gasteiger partial charge in [-0.25, -0.2) is 4.98 Å². The van der Waals surface area contributed by atoms with Gasteiger partial charge in [0.25, 0.3) is 0 Å². The Morgan fingerprint density at radius 2 is 2.38 bits per heavy atom. The Hall–Kier alpha value is -1.27. The van der Waals surface area contributed by atoms with E-state index in [1.54, 1.807) is 5.51 Å². The molecule has 16 heavy (non-hydrogen) atoms. The predicted molar refractivity (Wildman–Crippen MR) is 62.0 cm³/mol. The van der Waals surface area contributed by atoms with Crippen LogP contribution in [0.5, 0.6) is 0 Å². The number of hydrogen-bond donors (Lipinski definition) is 1. The summed E-state index contributed by atoms with van der Waals surface area (Å²) in [6, 6.07) is 0. The molecule has 0 amide bonds. The minimum absolute atomic E-state index is 0.558. The van der Waals surface area contributed by atoms with Gasteiger partial charge in [-0.1, -0.05) is 19.0 Å². The third-order valence-electron chi connectivity index (χ3n) is 1.96. The predicted octanol–water partition coefficient (Wildman–Crippen LogP) is 1.94. The molecule has 0 saturated carbocycles. The third kappa shape index (κ3) is 2.86. The standard InChI is InChI=1S/C10H14N4OS/c1-7(2)3-11-4-9-13-10(14-15-9)8-5-16-6-12-8/h5-7,11H,3-4H2,1-2H3. The molecule has 0 unspecified atom stereocenters. The van der Waals surface area contributed by atoms with E-state index >= 15 is 0 Å². The molecule has 0 bridgehead atoms. The van der Waals surface area contributed by atoms with Crippen molar-refractivity contribution in [2.45, 2.75) is 20.4 Å². The van der Waals surface area contributed by atoms with Crippen molar-refractivity contribution in [2.75, 3.05) is 6.54 Å². The number of aromatic nitrogens is 3. The van der Waals surface area contributed by atoms with E-state index in [0.717, 1.165) is 12.2 Å². The lowest BCUT2D eigenvalue weighted by Crippen LogP contribution is -2.19. The molecule has 0 atom stereocenters. The van der Waals surface area contributed by atoms with Gasteiger partial charge in [-0.05, 0) is 12.5 Å². The maximum atomic E-state index is 5.11. The van der Waals surface area contributed by atoms with E-state index in [1.165, 1.54) is 11.3 Å².